The maximum absolute atomic E-state index is 12.0. The van der Waals surface area contributed by atoms with E-state index >= 15 is 0 Å². The van der Waals surface area contributed by atoms with E-state index in [1.54, 1.807) is 19.2 Å². The Morgan fingerprint density at radius 2 is 2.00 bits per heavy atom. The number of halogens is 1. The number of fused-ring (bicyclic) bond motifs is 1. The molecule has 0 spiro atoms. The second-order valence-corrected chi connectivity index (χ2v) is 4.86. The molecule has 100 valence electrons. The summed E-state index contributed by atoms with van der Waals surface area (Å²) in [7, 11) is 1.57. The van der Waals surface area contributed by atoms with E-state index in [0.29, 0.717) is 16.3 Å². The Morgan fingerprint density at radius 3 is 2.75 bits per heavy atom. The summed E-state index contributed by atoms with van der Waals surface area (Å²) in [6.07, 6.45) is 1.83. The first kappa shape index (κ1) is 12.8. The average Bonchev–Trinajstić information content (AvgIpc) is 2.76. The van der Waals surface area contributed by atoms with E-state index in [2.05, 4.69) is 5.32 Å². The van der Waals surface area contributed by atoms with Crippen molar-refractivity contribution in [2.45, 2.75) is 0 Å². The Hall–Kier alpha value is -2.26. The van der Waals surface area contributed by atoms with Crippen molar-refractivity contribution in [3.63, 3.8) is 0 Å². The summed E-state index contributed by atoms with van der Waals surface area (Å²) in [4.78, 5) is 12.0. The lowest BCUT2D eigenvalue weighted by atomic mass is 10.0. The first-order chi connectivity index (χ1) is 9.69. The minimum absolute atomic E-state index is 0.0989. The number of ether oxygens (including phenoxy) is 1. The predicted molar refractivity (Wildman–Crippen MR) is 80.9 cm³/mol. The quantitative estimate of drug-likeness (QED) is 0.851. The smallest absolute Gasteiger partial charge is 0.256 e. The SMILES string of the molecule is COc1ccc(C=C2C(=O)Nc3ccccc32)cc1Cl. The van der Waals surface area contributed by atoms with Gasteiger partial charge < -0.3 is 10.1 Å². The molecule has 1 aliphatic rings. The van der Waals surface area contributed by atoms with Crippen LogP contribution >= 0.6 is 11.6 Å². The Morgan fingerprint density at radius 1 is 1.20 bits per heavy atom. The molecule has 0 radical (unpaired) electrons. The van der Waals surface area contributed by atoms with Crippen molar-refractivity contribution in [3.05, 3.63) is 58.6 Å². The third-order valence-electron chi connectivity index (χ3n) is 3.20. The van der Waals surface area contributed by atoms with Crippen LogP contribution in [0.4, 0.5) is 5.69 Å². The van der Waals surface area contributed by atoms with E-state index in [1.807, 2.05) is 36.4 Å². The van der Waals surface area contributed by atoms with Crippen LogP contribution in [0.1, 0.15) is 11.1 Å². The van der Waals surface area contributed by atoms with Crippen molar-refractivity contribution in [1.29, 1.82) is 0 Å². The van der Waals surface area contributed by atoms with Gasteiger partial charge in [-0.15, -0.1) is 0 Å². The summed E-state index contributed by atoms with van der Waals surface area (Å²) in [5.41, 5.74) is 3.24. The lowest BCUT2D eigenvalue weighted by molar-refractivity contribution is -0.110. The van der Waals surface area contributed by atoms with Crippen molar-refractivity contribution in [2.24, 2.45) is 0 Å². The molecule has 3 nitrogen and oxygen atoms in total. The zero-order valence-corrected chi connectivity index (χ0v) is 11.6. The summed E-state index contributed by atoms with van der Waals surface area (Å²) in [5.74, 6) is 0.517. The van der Waals surface area contributed by atoms with Gasteiger partial charge >= 0.3 is 0 Å². The highest BCUT2D eigenvalue weighted by Crippen LogP contribution is 2.33. The first-order valence-electron chi connectivity index (χ1n) is 6.15. The van der Waals surface area contributed by atoms with Gasteiger partial charge in [-0.3, -0.25) is 4.79 Å². The molecule has 0 fully saturated rings. The third-order valence-corrected chi connectivity index (χ3v) is 3.49. The fourth-order valence-electron chi connectivity index (χ4n) is 2.22. The van der Waals surface area contributed by atoms with E-state index in [0.717, 1.165) is 16.8 Å². The van der Waals surface area contributed by atoms with Crippen LogP contribution in [0.15, 0.2) is 42.5 Å². The molecule has 1 N–H and O–H groups in total. The van der Waals surface area contributed by atoms with Gasteiger partial charge in [-0.2, -0.15) is 0 Å². The molecule has 3 rings (SSSR count). The van der Waals surface area contributed by atoms with Crippen LogP contribution in [0, 0.1) is 0 Å². The van der Waals surface area contributed by atoms with Gasteiger partial charge in [0.15, 0.2) is 0 Å². The summed E-state index contributed by atoms with van der Waals surface area (Å²) >= 11 is 6.10. The third kappa shape index (κ3) is 2.17. The highest BCUT2D eigenvalue weighted by Gasteiger charge is 2.23. The monoisotopic (exact) mass is 285 g/mol. The Bertz CT molecular complexity index is 722. The van der Waals surface area contributed by atoms with Crippen LogP contribution in [0.5, 0.6) is 5.75 Å². The fourth-order valence-corrected chi connectivity index (χ4v) is 2.49. The minimum Gasteiger partial charge on any atom is -0.495 e. The molecule has 1 heterocycles. The van der Waals surface area contributed by atoms with E-state index in [4.69, 9.17) is 16.3 Å². The summed E-state index contributed by atoms with van der Waals surface area (Å²) in [6, 6.07) is 13.0. The number of amides is 1. The molecule has 0 unspecified atom stereocenters. The number of rotatable bonds is 2. The Kier molecular flexibility index (Phi) is 3.20. The van der Waals surface area contributed by atoms with Crippen molar-refractivity contribution in [1.82, 2.24) is 0 Å². The van der Waals surface area contributed by atoms with Crippen molar-refractivity contribution in [3.8, 4) is 5.75 Å². The molecule has 2 aromatic carbocycles. The number of anilines is 1. The van der Waals surface area contributed by atoms with Gasteiger partial charge in [0.05, 0.1) is 12.1 Å². The number of carbonyl (C=O) groups excluding carboxylic acids is 1. The van der Waals surface area contributed by atoms with Crippen molar-refractivity contribution < 1.29 is 9.53 Å². The average molecular weight is 286 g/mol. The normalized spacial score (nSPS) is 15.1. The Labute approximate surface area is 121 Å². The number of benzene rings is 2. The number of hydrogen-bond acceptors (Lipinski definition) is 2. The zero-order chi connectivity index (χ0) is 14.1. The van der Waals surface area contributed by atoms with E-state index in [9.17, 15) is 4.79 Å². The second kappa shape index (κ2) is 5.02. The zero-order valence-electron chi connectivity index (χ0n) is 10.8. The molecule has 0 atom stereocenters. The predicted octanol–water partition coefficient (Wildman–Crippen LogP) is 3.84. The van der Waals surface area contributed by atoms with Crippen LogP contribution < -0.4 is 10.1 Å². The maximum atomic E-state index is 12.0. The fraction of sp³-hybridized carbons (Fsp3) is 0.0625. The molecule has 0 saturated carbocycles. The molecule has 1 aliphatic heterocycles. The molecule has 0 bridgehead atoms. The van der Waals surface area contributed by atoms with Crippen LogP contribution in [-0.2, 0) is 4.79 Å². The van der Waals surface area contributed by atoms with Gasteiger partial charge in [0.2, 0.25) is 0 Å². The van der Waals surface area contributed by atoms with Crippen molar-refractivity contribution in [2.75, 3.05) is 12.4 Å². The summed E-state index contributed by atoms with van der Waals surface area (Å²) in [5, 5.41) is 3.36. The molecule has 0 aliphatic carbocycles. The maximum Gasteiger partial charge on any atom is 0.256 e. The van der Waals surface area contributed by atoms with Gasteiger partial charge in [-0.1, -0.05) is 35.9 Å². The second-order valence-electron chi connectivity index (χ2n) is 4.45. The molecule has 0 saturated heterocycles. The van der Waals surface area contributed by atoms with Crippen LogP contribution in [0.2, 0.25) is 5.02 Å². The number of hydrogen-bond donors (Lipinski definition) is 1. The highest BCUT2D eigenvalue weighted by atomic mass is 35.5. The topological polar surface area (TPSA) is 38.3 Å². The van der Waals surface area contributed by atoms with E-state index in [1.165, 1.54) is 0 Å². The minimum atomic E-state index is -0.0989. The number of methoxy groups -OCH3 is 1. The van der Waals surface area contributed by atoms with Crippen LogP contribution in [0.3, 0.4) is 0 Å². The Balaban J connectivity index is 2.04. The first-order valence-corrected chi connectivity index (χ1v) is 6.53. The van der Waals surface area contributed by atoms with Crippen LogP contribution in [-0.4, -0.2) is 13.0 Å². The van der Waals surface area contributed by atoms with Gasteiger partial charge in [0, 0.05) is 16.8 Å². The largest absolute Gasteiger partial charge is 0.495 e. The number of nitrogens with one attached hydrogen (secondary N) is 1. The summed E-state index contributed by atoms with van der Waals surface area (Å²) in [6.45, 7) is 0. The van der Waals surface area contributed by atoms with Crippen molar-refractivity contribution >= 4 is 34.8 Å². The molecular weight excluding hydrogens is 274 g/mol. The number of carbonyl (C=O) groups is 1. The lowest BCUT2D eigenvalue weighted by Crippen LogP contribution is -2.03. The molecule has 4 heteroatoms. The number of para-hydroxylation sites is 1. The standard InChI is InChI=1S/C16H12ClNO2/c1-20-15-7-6-10(9-13(15)17)8-12-11-4-2-3-5-14(11)18-16(12)19/h2-9H,1H3,(H,18,19). The highest BCUT2D eigenvalue weighted by molar-refractivity contribution is 6.35. The van der Waals surface area contributed by atoms with Gasteiger partial charge in [-0.05, 0) is 29.8 Å². The van der Waals surface area contributed by atoms with Gasteiger partial charge in [-0.25, -0.2) is 0 Å². The molecular formula is C16H12ClNO2. The molecule has 0 aromatic heterocycles. The van der Waals surface area contributed by atoms with E-state index < -0.39 is 0 Å². The molecule has 20 heavy (non-hydrogen) atoms. The van der Waals surface area contributed by atoms with Gasteiger partial charge in [0.25, 0.3) is 5.91 Å². The van der Waals surface area contributed by atoms with E-state index in [-0.39, 0.29) is 5.91 Å². The molecule has 2 aromatic rings. The lowest BCUT2D eigenvalue weighted by Gasteiger charge is -2.04. The molecule has 1 amide bonds. The van der Waals surface area contributed by atoms with Gasteiger partial charge in [0.1, 0.15) is 5.75 Å². The van der Waals surface area contributed by atoms with Crippen LogP contribution in [0.25, 0.3) is 11.6 Å². The summed E-state index contributed by atoms with van der Waals surface area (Å²) < 4.78 is 5.12.